The number of benzene rings is 1. The molecule has 0 saturated heterocycles. The van der Waals surface area contributed by atoms with Crippen molar-refractivity contribution < 1.29 is 18.7 Å². The summed E-state index contributed by atoms with van der Waals surface area (Å²) in [6.45, 7) is 6.62. The highest BCUT2D eigenvalue weighted by Crippen LogP contribution is 2.41. The minimum atomic E-state index is 0.721. The highest BCUT2D eigenvalue weighted by molar-refractivity contribution is 5.77. The molecule has 26 heavy (non-hydrogen) atoms. The zero-order chi connectivity index (χ0) is 18.7. The van der Waals surface area contributed by atoms with E-state index in [4.69, 9.17) is 18.7 Å². The van der Waals surface area contributed by atoms with E-state index in [1.807, 2.05) is 26.0 Å². The number of methoxy groups -OCH3 is 3. The van der Waals surface area contributed by atoms with Crippen LogP contribution < -0.4 is 14.2 Å². The molecule has 2 aromatic rings. The van der Waals surface area contributed by atoms with Crippen LogP contribution in [0.15, 0.2) is 22.7 Å². The van der Waals surface area contributed by atoms with Gasteiger partial charge in [0.25, 0.3) is 0 Å². The van der Waals surface area contributed by atoms with Crippen molar-refractivity contribution in [1.82, 2.24) is 10.1 Å². The number of rotatable bonds is 6. The molecule has 2 heterocycles. The van der Waals surface area contributed by atoms with Crippen molar-refractivity contribution in [2.24, 2.45) is 0 Å². The van der Waals surface area contributed by atoms with Gasteiger partial charge in [-0.2, -0.15) is 0 Å². The van der Waals surface area contributed by atoms with E-state index in [1.165, 1.54) is 11.1 Å². The summed E-state index contributed by atoms with van der Waals surface area (Å²) in [5.74, 6) is 3.16. The van der Waals surface area contributed by atoms with Gasteiger partial charge in [0.1, 0.15) is 23.0 Å². The van der Waals surface area contributed by atoms with Crippen LogP contribution >= 0.6 is 0 Å². The van der Waals surface area contributed by atoms with Crippen molar-refractivity contribution in [1.29, 1.82) is 0 Å². The zero-order valence-corrected chi connectivity index (χ0v) is 16.1. The number of hydrogen-bond acceptors (Lipinski definition) is 6. The minimum Gasteiger partial charge on any atom is -0.496 e. The summed E-state index contributed by atoms with van der Waals surface area (Å²) in [6.07, 6.45) is 3.16. The van der Waals surface area contributed by atoms with Crippen molar-refractivity contribution in [3.63, 3.8) is 0 Å². The molecule has 0 aliphatic carbocycles. The van der Waals surface area contributed by atoms with Gasteiger partial charge in [0.2, 0.25) is 0 Å². The van der Waals surface area contributed by atoms with Crippen LogP contribution in [-0.4, -0.2) is 44.5 Å². The predicted octanol–water partition coefficient (Wildman–Crippen LogP) is 3.61. The quantitative estimate of drug-likeness (QED) is 0.786. The first-order chi connectivity index (χ1) is 12.6. The van der Waals surface area contributed by atoms with Crippen LogP contribution in [0, 0.1) is 13.8 Å². The van der Waals surface area contributed by atoms with Gasteiger partial charge >= 0.3 is 0 Å². The smallest absolute Gasteiger partial charge is 0.138 e. The van der Waals surface area contributed by atoms with E-state index in [1.54, 1.807) is 21.3 Å². The Labute approximate surface area is 154 Å². The van der Waals surface area contributed by atoms with E-state index in [2.05, 4.69) is 16.1 Å². The monoisotopic (exact) mass is 358 g/mol. The minimum absolute atomic E-state index is 0.721. The summed E-state index contributed by atoms with van der Waals surface area (Å²) in [4.78, 5) is 2.39. The van der Waals surface area contributed by atoms with E-state index in [0.717, 1.165) is 60.3 Å². The first-order valence-electron chi connectivity index (χ1n) is 8.70. The Morgan fingerprint density at radius 2 is 1.77 bits per heavy atom. The third-order valence-electron chi connectivity index (χ3n) is 4.89. The molecule has 1 aliphatic rings. The normalized spacial score (nSPS) is 14.9. The molecule has 1 aliphatic heterocycles. The van der Waals surface area contributed by atoms with Crippen molar-refractivity contribution in [3.8, 4) is 17.2 Å². The average molecular weight is 358 g/mol. The molecule has 0 spiro atoms. The molecule has 0 atom stereocenters. The van der Waals surface area contributed by atoms with Gasteiger partial charge in [-0.05, 0) is 25.8 Å². The van der Waals surface area contributed by atoms with Gasteiger partial charge in [-0.3, -0.25) is 4.90 Å². The van der Waals surface area contributed by atoms with Crippen molar-refractivity contribution in [3.05, 3.63) is 40.8 Å². The van der Waals surface area contributed by atoms with Gasteiger partial charge in [-0.25, -0.2) is 0 Å². The lowest BCUT2D eigenvalue weighted by Gasteiger charge is -2.27. The lowest BCUT2D eigenvalue weighted by Crippen LogP contribution is -2.28. The number of hydrogen-bond donors (Lipinski definition) is 0. The fourth-order valence-corrected chi connectivity index (χ4v) is 3.36. The number of ether oxygens (including phenoxy) is 3. The topological polar surface area (TPSA) is 57.0 Å². The van der Waals surface area contributed by atoms with Crippen molar-refractivity contribution in [2.75, 3.05) is 34.4 Å². The Kier molecular flexibility index (Phi) is 5.52. The van der Waals surface area contributed by atoms with Gasteiger partial charge in [-0.1, -0.05) is 11.2 Å². The SMILES string of the molecule is COc1cc(OC)c(C2=CCN(Cc3c(C)noc3C)CC2)c(OC)c1. The molecule has 0 radical (unpaired) electrons. The maximum atomic E-state index is 5.59. The largest absolute Gasteiger partial charge is 0.496 e. The molecule has 1 aromatic heterocycles. The summed E-state index contributed by atoms with van der Waals surface area (Å²) >= 11 is 0. The Hall–Kier alpha value is -2.47. The second-order valence-corrected chi connectivity index (χ2v) is 6.42. The van der Waals surface area contributed by atoms with Gasteiger partial charge in [0.15, 0.2) is 0 Å². The second-order valence-electron chi connectivity index (χ2n) is 6.42. The average Bonchev–Trinajstić information content (AvgIpc) is 2.99. The molecule has 140 valence electrons. The van der Waals surface area contributed by atoms with E-state index in [-0.39, 0.29) is 0 Å². The highest BCUT2D eigenvalue weighted by Gasteiger charge is 2.22. The Balaban J connectivity index is 1.83. The molecule has 1 aromatic carbocycles. The van der Waals surface area contributed by atoms with Gasteiger partial charge in [0.05, 0.1) is 32.6 Å². The Morgan fingerprint density at radius 3 is 2.23 bits per heavy atom. The molecule has 0 bridgehead atoms. The fourth-order valence-electron chi connectivity index (χ4n) is 3.36. The van der Waals surface area contributed by atoms with E-state index < -0.39 is 0 Å². The van der Waals surface area contributed by atoms with E-state index in [0.29, 0.717) is 0 Å². The van der Waals surface area contributed by atoms with Crippen LogP contribution in [0.5, 0.6) is 17.2 Å². The molecule has 0 N–H and O–H groups in total. The zero-order valence-electron chi connectivity index (χ0n) is 16.1. The van der Waals surface area contributed by atoms with Crippen LogP contribution in [0.3, 0.4) is 0 Å². The molecular formula is C20H26N2O4. The Bertz CT molecular complexity index is 766. The number of aryl methyl sites for hydroxylation is 2. The molecule has 0 fully saturated rings. The second kappa shape index (κ2) is 7.83. The van der Waals surface area contributed by atoms with Crippen LogP contribution in [0.1, 0.15) is 29.0 Å². The van der Waals surface area contributed by atoms with E-state index >= 15 is 0 Å². The first kappa shape index (κ1) is 18.3. The first-order valence-corrected chi connectivity index (χ1v) is 8.70. The summed E-state index contributed by atoms with van der Waals surface area (Å²) < 4.78 is 21.8. The summed E-state index contributed by atoms with van der Waals surface area (Å²) in [5.41, 5.74) is 4.39. The summed E-state index contributed by atoms with van der Waals surface area (Å²) in [5, 5.41) is 4.04. The van der Waals surface area contributed by atoms with Crippen LogP contribution in [0.2, 0.25) is 0 Å². The van der Waals surface area contributed by atoms with Crippen molar-refractivity contribution in [2.45, 2.75) is 26.8 Å². The van der Waals surface area contributed by atoms with Crippen LogP contribution in [0.25, 0.3) is 5.57 Å². The molecular weight excluding hydrogens is 332 g/mol. The van der Waals surface area contributed by atoms with Crippen LogP contribution in [0.4, 0.5) is 0 Å². The summed E-state index contributed by atoms with van der Waals surface area (Å²) in [6, 6.07) is 3.80. The molecule has 6 heteroatoms. The van der Waals surface area contributed by atoms with Gasteiger partial charge in [-0.15, -0.1) is 0 Å². The van der Waals surface area contributed by atoms with Crippen molar-refractivity contribution >= 4 is 5.57 Å². The van der Waals surface area contributed by atoms with Gasteiger partial charge in [0, 0.05) is 37.3 Å². The molecule has 6 nitrogen and oxygen atoms in total. The predicted molar refractivity (Wildman–Crippen MR) is 99.9 cm³/mol. The summed E-state index contributed by atoms with van der Waals surface area (Å²) in [7, 11) is 4.98. The molecule has 0 saturated carbocycles. The fraction of sp³-hybridized carbons (Fsp3) is 0.450. The Morgan fingerprint density at radius 1 is 1.08 bits per heavy atom. The molecule has 3 rings (SSSR count). The number of aromatic nitrogens is 1. The maximum Gasteiger partial charge on any atom is 0.138 e. The van der Waals surface area contributed by atoms with Crippen LogP contribution in [-0.2, 0) is 6.54 Å². The highest BCUT2D eigenvalue weighted by atomic mass is 16.5. The standard InChI is InChI=1S/C20H26N2O4/c1-13-17(14(2)26-21-13)12-22-8-6-15(7-9-22)20-18(24-4)10-16(23-3)11-19(20)25-5/h6,10-11H,7-9,12H2,1-5H3. The number of nitrogens with zero attached hydrogens (tertiary/aromatic N) is 2. The third kappa shape index (κ3) is 3.55. The van der Waals surface area contributed by atoms with E-state index in [9.17, 15) is 0 Å². The van der Waals surface area contributed by atoms with Gasteiger partial charge < -0.3 is 18.7 Å². The molecule has 0 unspecified atom stereocenters. The molecule has 0 amide bonds. The lowest BCUT2D eigenvalue weighted by atomic mass is 9.97. The lowest BCUT2D eigenvalue weighted by molar-refractivity contribution is 0.290. The third-order valence-corrected chi connectivity index (χ3v) is 4.89. The maximum absolute atomic E-state index is 5.59.